The first kappa shape index (κ1) is 17.2. The number of nitrogens with zero attached hydrogens (tertiary/aromatic N) is 3. The third-order valence-corrected chi connectivity index (χ3v) is 5.31. The Morgan fingerprint density at radius 2 is 2.00 bits per heavy atom. The summed E-state index contributed by atoms with van der Waals surface area (Å²) in [7, 11) is 0. The van der Waals surface area contributed by atoms with Crippen LogP contribution in [0.5, 0.6) is 0 Å². The van der Waals surface area contributed by atoms with Gasteiger partial charge >= 0.3 is 0 Å². The van der Waals surface area contributed by atoms with E-state index in [9.17, 15) is 4.79 Å². The van der Waals surface area contributed by atoms with Crippen molar-refractivity contribution in [2.75, 3.05) is 11.4 Å². The van der Waals surface area contributed by atoms with Crippen molar-refractivity contribution in [2.45, 2.75) is 19.3 Å². The summed E-state index contributed by atoms with van der Waals surface area (Å²) in [5.41, 5.74) is 2.59. The fourth-order valence-electron chi connectivity index (χ4n) is 3.17. The van der Waals surface area contributed by atoms with E-state index < -0.39 is 0 Å². The molecule has 132 valence electrons. The van der Waals surface area contributed by atoms with Crippen molar-refractivity contribution >= 4 is 39.1 Å². The van der Waals surface area contributed by atoms with E-state index in [-0.39, 0.29) is 11.8 Å². The standard InChI is InChI=1S/C19H15BrClN3O2/c1-11-3-2-4-15(21)17(11)24-10-13(9-16(24)25)19-22-18(23-26-19)12-5-7-14(20)8-6-12/h2-8,13H,9-10H2,1H3. The maximum absolute atomic E-state index is 12.5. The summed E-state index contributed by atoms with van der Waals surface area (Å²) in [4.78, 5) is 18.8. The normalized spacial score (nSPS) is 17.1. The zero-order valence-electron chi connectivity index (χ0n) is 13.9. The molecule has 2 aromatic carbocycles. The van der Waals surface area contributed by atoms with Crippen molar-refractivity contribution in [1.29, 1.82) is 0 Å². The molecule has 0 radical (unpaired) electrons. The van der Waals surface area contributed by atoms with Crippen molar-refractivity contribution in [2.24, 2.45) is 0 Å². The molecule has 0 N–H and O–H groups in total. The SMILES string of the molecule is Cc1cccc(Cl)c1N1CC(c2nc(-c3ccc(Br)cc3)no2)CC1=O. The summed E-state index contributed by atoms with van der Waals surface area (Å²) in [5, 5.41) is 4.63. The molecule has 0 aliphatic carbocycles. The number of amides is 1. The Balaban J connectivity index is 1.59. The predicted molar refractivity (Wildman–Crippen MR) is 103 cm³/mol. The first-order valence-electron chi connectivity index (χ1n) is 8.18. The van der Waals surface area contributed by atoms with E-state index in [1.54, 1.807) is 11.0 Å². The molecule has 4 rings (SSSR count). The number of rotatable bonds is 3. The van der Waals surface area contributed by atoms with Crippen LogP contribution in [-0.2, 0) is 4.79 Å². The molecule has 0 saturated carbocycles. The first-order chi connectivity index (χ1) is 12.5. The summed E-state index contributed by atoms with van der Waals surface area (Å²) in [6, 6.07) is 13.3. The summed E-state index contributed by atoms with van der Waals surface area (Å²) in [6.45, 7) is 2.42. The molecular weight excluding hydrogens is 418 g/mol. The minimum absolute atomic E-state index is 0.00888. The molecule has 7 heteroatoms. The minimum atomic E-state index is -0.144. The van der Waals surface area contributed by atoms with Crippen LogP contribution in [0.3, 0.4) is 0 Å². The van der Waals surface area contributed by atoms with E-state index in [1.807, 2.05) is 43.3 Å². The maximum atomic E-state index is 12.5. The van der Waals surface area contributed by atoms with Crippen LogP contribution in [-0.4, -0.2) is 22.6 Å². The molecule has 5 nitrogen and oxygen atoms in total. The second-order valence-corrected chi connectivity index (χ2v) is 7.60. The number of hydrogen-bond acceptors (Lipinski definition) is 4. The largest absolute Gasteiger partial charge is 0.339 e. The van der Waals surface area contributed by atoms with Gasteiger partial charge in [0.25, 0.3) is 0 Å². The fourth-order valence-corrected chi connectivity index (χ4v) is 3.76. The van der Waals surface area contributed by atoms with Gasteiger partial charge in [-0.3, -0.25) is 4.79 Å². The highest BCUT2D eigenvalue weighted by Crippen LogP contribution is 2.37. The maximum Gasteiger partial charge on any atom is 0.232 e. The van der Waals surface area contributed by atoms with Gasteiger partial charge in [-0.05, 0) is 42.8 Å². The van der Waals surface area contributed by atoms with Gasteiger partial charge in [0.1, 0.15) is 0 Å². The van der Waals surface area contributed by atoms with E-state index in [1.165, 1.54) is 0 Å². The topological polar surface area (TPSA) is 59.2 Å². The van der Waals surface area contributed by atoms with Crippen molar-refractivity contribution in [3.8, 4) is 11.4 Å². The Labute approximate surface area is 164 Å². The molecule has 1 aliphatic heterocycles. The molecule has 1 amide bonds. The Bertz CT molecular complexity index is 951. The van der Waals surface area contributed by atoms with Gasteiger partial charge in [0.05, 0.1) is 16.6 Å². The zero-order chi connectivity index (χ0) is 18.3. The summed E-state index contributed by atoms with van der Waals surface area (Å²) >= 11 is 9.72. The molecule has 0 spiro atoms. The van der Waals surface area contributed by atoms with Crippen LogP contribution in [0.25, 0.3) is 11.4 Å². The lowest BCUT2D eigenvalue weighted by atomic mass is 10.1. The van der Waals surface area contributed by atoms with E-state index in [2.05, 4.69) is 26.1 Å². The highest BCUT2D eigenvalue weighted by molar-refractivity contribution is 9.10. The van der Waals surface area contributed by atoms with E-state index >= 15 is 0 Å². The molecule has 3 aromatic rings. The Morgan fingerprint density at radius 1 is 1.23 bits per heavy atom. The number of aromatic nitrogens is 2. The van der Waals surface area contributed by atoms with Crippen LogP contribution in [0.15, 0.2) is 51.5 Å². The fraction of sp³-hybridized carbons (Fsp3) is 0.211. The molecule has 0 bridgehead atoms. The minimum Gasteiger partial charge on any atom is -0.339 e. The Kier molecular flexibility index (Phi) is 4.54. The highest BCUT2D eigenvalue weighted by atomic mass is 79.9. The quantitative estimate of drug-likeness (QED) is 0.585. The van der Waals surface area contributed by atoms with Crippen molar-refractivity contribution in [3.05, 3.63) is 63.4 Å². The van der Waals surface area contributed by atoms with Crippen LogP contribution in [0.4, 0.5) is 5.69 Å². The molecule has 1 saturated heterocycles. The third-order valence-electron chi connectivity index (χ3n) is 4.48. The number of aryl methyl sites for hydroxylation is 1. The van der Waals surface area contributed by atoms with Crippen LogP contribution in [0, 0.1) is 6.92 Å². The molecule has 1 aromatic heterocycles. The van der Waals surface area contributed by atoms with Crippen molar-refractivity contribution < 1.29 is 9.32 Å². The van der Waals surface area contributed by atoms with Gasteiger partial charge in [0.2, 0.25) is 17.6 Å². The second kappa shape index (κ2) is 6.85. The van der Waals surface area contributed by atoms with Gasteiger partial charge in [-0.1, -0.05) is 44.8 Å². The zero-order valence-corrected chi connectivity index (χ0v) is 16.3. The molecule has 1 atom stereocenters. The van der Waals surface area contributed by atoms with Gasteiger partial charge in [0.15, 0.2) is 0 Å². The molecule has 1 unspecified atom stereocenters. The lowest BCUT2D eigenvalue weighted by Gasteiger charge is -2.20. The van der Waals surface area contributed by atoms with Crippen LogP contribution in [0.2, 0.25) is 5.02 Å². The van der Waals surface area contributed by atoms with E-state index in [0.717, 1.165) is 21.3 Å². The van der Waals surface area contributed by atoms with Gasteiger partial charge < -0.3 is 9.42 Å². The van der Waals surface area contributed by atoms with E-state index in [0.29, 0.717) is 29.7 Å². The second-order valence-electron chi connectivity index (χ2n) is 6.27. The molecular formula is C19H15BrClN3O2. The average molecular weight is 433 g/mol. The average Bonchev–Trinajstić information content (AvgIpc) is 3.23. The molecule has 1 fully saturated rings. The number of hydrogen-bond donors (Lipinski definition) is 0. The van der Waals surface area contributed by atoms with Crippen molar-refractivity contribution in [3.63, 3.8) is 0 Å². The van der Waals surface area contributed by atoms with Gasteiger partial charge in [0, 0.05) is 23.0 Å². The first-order valence-corrected chi connectivity index (χ1v) is 9.35. The monoisotopic (exact) mass is 431 g/mol. The smallest absolute Gasteiger partial charge is 0.232 e. The van der Waals surface area contributed by atoms with Gasteiger partial charge in [-0.25, -0.2) is 0 Å². The number of para-hydroxylation sites is 1. The number of carbonyl (C=O) groups is 1. The molecule has 1 aliphatic rings. The Morgan fingerprint density at radius 3 is 2.73 bits per heavy atom. The summed E-state index contributed by atoms with van der Waals surface area (Å²) < 4.78 is 6.42. The lowest BCUT2D eigenvalue weighted by molar-refractivity contribution is -0.117. The Hall–Kier alpha value is -2.18. The van der Waals surface area contributed by atoms with Gasteiger partial charge in [-0.2, -0.15) is 4.98 Å². The summed E-state index contributed by atoms with van der Waals surface area (Å²) in [6.07, 6.45) is 0.326. The van der Waals surface area contributed by atoms with E-state index in [4.69, 9.17) is 16.1 Å². The van der Waals surface area contributed by atoms with Gasteiger partial charge in [-0.15, -0.1) is 0 Å². The number of benzene rings is 2. The molecule has 26 heavy (non-hydrogen) atoms. The number of anilines is 1. The third kappa shape index (κ3) is 3.15. The highest BCUT2D eigenvalue weighted by Gasteiger charge is 2.36. The van der Waals surface area contributed by atoms with Crippen molar-refractivity contribution in [1.82, 2.24) is 10.1 Å². The van der Waals surface area contributed by atoms with Crippen LogP contribution >= 0.6 is 27.5 Å². The molecule has 2 heterocycles. The number of carbonyl (C=O) groups excluding carboxylic acids is 1. The summed E-state index contributed by atoms with van der Waals surface area (Å²) in [5.74, 6) is 0.861. The van der Waals surface area contributed by atoms with Crippen LogP contribution in [0.1, 0.15) is 23.8 Å². The van der Waals surface area contributed by atoms with Crippen LogP contribution < -0.4 is 4.90 Å². The lowest BCUT2D eigenvalue weighted by Crippen LogP contribution is -2.25. The number of halogens is 2. The predicted octanol–water partition coefficient (Wildman–Crippen LogP) is 4.98.